The third kappa shape index (κ3) is 1.33. The van der Waals surface area contributed by atoms with Gasteiger partial charge in [-0.15, -0.1) is 0 Å². The second-order valence-corrected chi connectivity index (χ2v) is 3.04. The Bertz CT molecular complexity index is 552. The van der Waals surface area contributed by atoms with Gasteiger partial charge in [0.2, 0.25) is 0 Å². The first-order valence-electron chi connectivity index (χ1n) is 4.22. The monoisotopic (exact) mass is 188 g/mol. The fourth-order valence-electron chi connectivity index (χ4n) is 1.31. The minimum absolute atomic E-state index is 0.105. The van der Waals surface area contributed by atoms with E-state index in [1.54, 1.807) is 24.3 Å². The maximum atomic E-state index is 11.4. The van der Waals surface area contributed by atoms with Gasteiger partial charge < -0.3 is 4.42 Å². The summed E-state index contributed by atoms with van der Waals surface area (Å²) in [5, 5.41) is 1.23. The van der Waals surface area contributed by atoms with Crippen molar-refractivity contribution in [2.45, 2.75) is 6.92 Å². The van der Waals surface area contributed by atoms with Gasteiger partial charge in [0.25, 0.3) is 0 Å². The Balaban J connectivity index is 2.86. The fourth-order valence-corrected chi connectivity index (χ4v) is 1.31. The average Bonchev–Trinajstić information content (AvgIpc) is 2.17. The number of ketones is 1. The van der Waals surface area contributed by atoms with Gasteiger partial charge in [-0.05, 0) is 17.5 Å². The number of hydrogen-bond donors (Lipinski definition) is 0. The summed E-state index contributed by atoms with van der Waals surface area (Å²) in [6, 6.07) is 8.60. The highest BCUT2D eigenvalue weighted by Crippen LogP contribution is 2.11. The Morgan fingerprint density at radius 3 is 2.71 bits per heavy atom. The smallest absolute Gasteiger partial charge is 0.344 e. The molecule has 1 aromatic heterocycles. The summed E-state index contributed by atoms with van der Waals surface area (Å²) in [5.41, 5.74) is -0.465. The lowest BCUT2D eigenvalue weighted by atomic mass is 10.1. The van der Waals surface area contributed by atoms with E-state index in [0.717, 1.165) is 5.39 Å². The topological polar surface area (TPSA) is 47.3 Å². The Hall–Kier alpha value is -1.90. The fraction of sp³-hybridized carbons (Fsp3) is 0.0909. The summed E-state index contributed by atoms with van der Waals surface area (Å²) >= 11 is 0. The van der Waals surface area contributed by atoms with Crippen LogP contribution in [0.5, 0.6) is 0 Å². The van der Waals surface area contributed by atoms with Crippen molar-refractivity contribution in [2.24, 2.45) is 0 Å². The molecule has 0 bridgehead atoms. The molecule has 0 aliphatic carbocycles. The molecule has 70 valence electrons. The van der Waals surface area contributed by atoms with Crippen molar-refractivity contribution >= 4 is 16.6 Å². The molecule has 0 spiro atoms. The molecule has 3 heteroatoms. The van der Waals surface area contributed by atoms with E-state index in [2.05, 4.69) is 0 Å². The Kier molecular flexibility index (Phi) is 1.93. The van der Waals surface area contributed by atoms with E-state index in [1.165, 1.54) is 6.92 Å². The van der Waals surface area contributed by atoms with E-state index < -0.39 is 5.63 Å². The number of rotatable bonds is 1. The minimum atomic E-state index is -0.465. The predicted molar refractivity (Wildman–Crippen MR) is 52.5 cm³/mol. The van der Waals surface area contributed by atoms with Crippen LogP contribution < -0.4 is 5.63 Å². The molecule has 1 heterocycles. The van der Waals surface area contributed by atoms with Crippen LogP contribution in [0.3, 0.4) is 0 Å². The van der Waals surface area contributed by atoms with Gasteiger partial charge in [0.1, 0.15) is 0 Å². The van der Waals surface area contributed by atoms with E-state index >= 15 is 0 Å². The lowest BCUT2D eigenvalue weighted by molar-refractivity contribution is 0.0983. The molecule has 0 fully saturated rings. The number of fused-ring (bicyclic) bond motifs is 1. The highest BCUT2D eigenvalue weighted by Gasteiger charge is 2.06. The molecule has 2 aromatic rings. The van der Waals surface area contributed by atoms with Crippen molar-refractivity contribution in [3.8, 4) is 0 Å². The number of Topliss-reactive ketones (excluding diaryl/α,β-unsaturated/α-hetero) is 1. The third-order valence-electron chi connectivity index (χ3n) is 2.02. The van der Waals surface area contributed by atoms with Gasteiger partial charge in [0.05, 0.1) is 5.39 Å². The molecular formula is C11H8O3. The van der Waals surface area contributed by atoms with Gasteiger partial charge in [-0.1, -0.05) is 18.2 Å². The molecule has 2 rings (SSSR count). The Morgan fingerprint density at radius 1 is 1.29 bits per heavy atom. The highest BCUT2D eigenvalue weighted by atomic mass is 16.4. The molecule has 1 aromatic carbocycles. The van der Waals surface area contributed by atoms with Crippen LogP contribution in [0.1, 0.15) is 17.5 Å². The van der Waals surface area contributed by atoms with E-state index in [4.69, 9.17) is 4.42 Å². The summed E-state index contributed by atoms with van der Waals surface area (Å²) in [5.74, 6) is -0.137. The molecule has 0 N–H and O–H groups in total. The van der Waals surface area contributed by atoms with Crippen LogP contribution in [-0.2, 0) is 0 Å². The Labute approximate surface area is 80.0 Å². The van der Waals surface area contributed by atoms with Gasteiger partial charge in [-0.2, -0.15) is 0 Å². The maximum Gasteiger partial charge on any atom is 0.344 e. The van der Waals surface area contributed by atoms with E-state index in [0.29, 0.717) is 5.39 Å². The van der Waals surface area contributed by atoms with E-state index in [1.807, 2.05) is 6.07 Å². The molecule has 14 heavy (non-hydrogen) atoms. The molecule has 0 amide bonds. The molecule has 0 aliphatic rings. The zero-order valence-electron chi connectivity index (χ0n) is 7.61. The predicted octanol–water partition coefficient (Wildman–Crippen LogP) is 2.00. The van der Waals surface area contributed by atoms with Crippen LogP contribution in [0.4, 0.5) is 0 Å². The van der Waals surface area contributed by atoms with Gasteiger partial charge in [0, 0.05) is 6.92 Å². The number of benzene rings is 1. The number of carbonyl (C=O) groups excluding carboxylic acids is 1. The summed E-state index contributed by atoms with van der Waals surface area (Å²) in [4.78, 5) is 22.4. The van der Waals surface area contributed by atoms with Gasteiger partial charge in [-0.25, -0.2) is 4.79 Å². The summed E-state index contributed by atoms with van der Waals surface area (Å²) in [6.07, 6.45) is 0. The van der Waals surface area contributed by atoms with Gasteiger partial charge in [0.15, 0.2) is 11.5 Å². The van der Waals surface area contributed by atoms with Gasteiger partial charge >= 0.3 is 5.63 Å². The largest absolute Gasteiger partial charge is 0.419 e. The van der Waals surface area contributed by atoms with Crippen molar-refractivity contribution in [1.29, 1.82) is 0 Å². The highest BCUT2D eigenvalue weighted by molar-refractivity contribution is 5.94. The lowest BCUT2D eigenvalue weighted by Crippen LogP contribution is -2.04. The quantitative estimate of drug-likeness (QED) is 0.643. The van der Waals surface area contributed by atoms with Crippen LogP contribution in [0.25, 0.3) is 10.8 Å². The van der Waals surface area contributed by atoms with E-state index in [-0.39, 0.29) is 11.5 Å². The standard InChI is InChI=1S/C11H8O3/c1-7(12)10-6-8-4-2-3-5-9(8)11(13)14-10/h2-6H,1H3. The van der Waals surface area contributed by atoms with E-state index in [9.17, 15) is 9.59 Å². The van der Waals surface area contributed by atoms with Crippen LogP contribution in [0.15, 0.2) is 39.5 Å². The first-order chi connectivity index (χ1) is 6.68. The van der Waals surface area contributed by atoms with Crippen molar-refractivity contribution in [3.05, 3.63) is 46.5 Å². The zero-order valence-corrected chi connectivity index (χ0v) is 7.61. The van der Waals surface area contributed by atoms with Crippen molar-refractivity contribution < 1.29 is 9.21 Å². The minimum Gasteiger partial charge on any atom is -0.419 e. The van der Waals surface area contributed by atoms with Crippen molar-refractivity contribution in [1.82, 2.24) is 0 Å². The van der Waals surface area contributed by atoms with Gasteiger partial charge in [-0.3, -0.25) is 4.79 Å². The second kappa shape index (κ2) is 3.10. The molecular weight excluding hydrogens is 180 g/mol. The maximum absolute atomic E-state index is 11.4. The van der Waals surface area contributed by atoms with Crippen molar-refractivity contribution in [3.63, 3.8) is 0 Å². The molecule has 0 atom stereocenters. The normalized spacial score (nSPS) is 10.4. The molecule has 0 saturated carbocycles. The van der Waals surface area contributed by atoms with Crippen LogP contribution in [0.2, 0.25) is 0 Å². The zero-order chi connectivity index (χ0) is 10.1. The summed E-state index contributed by atoms with van der Waals surface area (Å²) < 4.78 is 4.85. The number of carbonyl (C=O) groups is 1. The van der Waals surface area contributed by atoms with Crippen LogP contribution in [0, 0.1) is 0 Å². The SMILES string of the molecule is CC(=O)c1cc2ccccc2c(=O)o1. The number of hydrogen-bond acceptors (Lipinski definition) is 3. The lowest BCUT2D eigenvalue weighted by Gasteiger charge is -1.97. The summed E-state index contributed by atoms with van der Waals surface area (Å²) in [7, 11) is 0. The second-order valence-electron chi connectivity index (χ2n) is 3.04. The molecule has 0 aliphatic heterocycles. The summed E-state index contributed by atoms with van der Waals surface area (Å²) in [6.45, 7) is 1.37. The first kappa shape index (κ1) is 8.69. The van der Waals surface area contributed by atoms with Crippen LogP contribution >= 0.6 is 0 Å². The van der Waals surface area contributed by atoms with Crippen molar-refractivity contribution in [2.75, 3.05) is 0 Å². The van der Waals surface area contributed by atoms with Crippen LogP contribution in [-0.4, -0.2) is 5.78 Å². The Morgan fingerprint density at radius 2 is 2.00 bits per heavy atom. The molecule has 0 unspecified atom stereocenters. The molecule has 0 saturated heterocycles. The molecule has 0 radical (unpaired) electrons. The first-order valence-corrected chi connectivity index (χ1v) is 4.22. The third-order valence-corrected chi connectivity index (χ3v) is 2.02. The molecule has 3 nitrogen and oxygen atoms in total. The average molecular weight is 188 g/mol.